The third-order valence-electron chi connectivity index (χ3n) is 2.08. The van der Waals surface area contributed by atoms with Crippen molar-refractivity contribution in [3.63, 3.8) is 0 Å². The SMILES string of the molecule is CSc1ncc(Sc2ccccc2)c(C(=O)[O-])n1. The summed E-state index contributed by atoms with van der Waals surface area (Å²) in [6.07, 6.45) is 3.31. The van der Waals surface area contributed by atoms with Crippen molar-refractivity contribution >= 4 is 29.5 Å². The number of carboxylic acid groups (broad SMARTS) is 1. The molecule has 2 rings (SSSR count). The van der Waals surface area contributed by atoms with Gasteiger partial charge in [-0.05, 0) is 18.4 Å². The molecule has 0 unspecified atom stereocenters. The number of benzene rings is 1. The molecule has 0 spiro atoms. The maximum absolute atomic E-state index is 11.1. The topological polar surface area (TPSA) is 65.9 Å². The van der Waals surface area contributed by atoms with Crippen LogP contribution in [0.2, 0.25) is 0 Å². The molecular weight excluding hydrogens is 268 g/mol. The Hall–Kier alpha value is -1.53. The van der Waals surface area contributed by atoms with E-state index in [-0.39, 0.29) is 5.69 Å². The number of carboxylic acids is 1. The molecule has 2 aromatic rings. The van der Waals surface area contributed by atoms with E-state index in [4.69, 9.17) is 0 Å². The van der Waals surface area contributed by atoms with E-state index < -0.39 is 5.97 Å². The van der Waals surface area contributed by atoms with Crippen LogP contribution >= 0.6 is 23.5 Å². The number of hydrogen-bond donors (Lipinski definition) is 0. The Bertz CT molecular complexity index is 561. The monoisotopic (exact) mass is 277 g/mol. The van der Waals surface area contributed by atoms with E-state index in [1.807, 2.05) is 30.3 Å². The molecule has 1 aromatic heterocycles. The van der Waals surface area contributed by atoms with Gasteiger partial charge in [0.05, 0.1) is 10.9 Å². The van der Waals surface area contributed by atoms with Crippen LogP contribution in [-0.2, 0) is 0 Å². The molecule has 0 aliphatic carbocycles. The standard InChI is InChI=1S/C12H10N2O2S2/c1-17-12-13-7-9(10(14-12)11(15)16)18-8-5-3-2-4-6-8/h2-7H,1H3,(H,15,16)/p-1. The molecule has 0 aliphatic heterocycles. The normalized spacial score (nSPS) is 10.3. The van der Waals surface area contributed by atoms with Gasteiger partial charge in [0.1, 0.15) is 5.69 Å². The van der Waals surface area contributed by atoms with Gasteiger partial charge in [0.2, 0.25) is 0 Å². The summed E-state index contributed by atoms with van der Waals surface area (Å²) in [7, 11) is 0. The van der Waals surface area contributed by atoms with Crippen LogP contribution < -0.4 is 5.11 Å². The van der Waals surface area contributed by atoms with Crippen LogP contribution in [0.4, 0.5) is 0 Å². The third kappa shape index (κ3) is 3.02. The molecule has 1 heterocycles. The number of carbonyl (C=O) groups is 1. The maximum Gasteiger partial charge on any atom is 0.187 e. The van der Waals surface area contributed by atoms with Crippen molar-refractivity contribution in [1.29, 1.82) is 0 Å². The first-order chi connectivity index (χ1) is 8.70. The number of rotatable bonds is 4. The minimum absolute atomic E-state index is 0.0665. The second-order valence-electron chi connectivity index (χ2n) is 3.27. The molecule has 0 saturated heterocycles. The molecule has 0 radical (unpaired) electrons. The second kappa shape index (κ2) is 5.88. The number of hydrogen-bond acceptors (Lipinski definition) is 6. The molecule has 0 amide bonds. The van der Waals surface area contributed by atoms with E-state index in [0.717, 1.165) is 4.90 Å². The lowest BCUT2D eigenvalue weighted by Gasteiger charge is -2.09. The van der Waals surface area contributed by atoms with Crippen LogP contribution in [0.5, 0.6) is 0 Å². The van der Waals surface area contributed by atoms with Gasteiger partial charge >= 0.3 is 0 Å². The predicted octanol–water partition coefficient (Wildman–Crippen LogP) is 1.71. The zero-order valence-corrected chi connectivity index (χ0v) is 11.1. The molecule has 0 N–H and O–H groups in total. The lowest BCUT2D eigenvalue weighted by molar-refractivity contribution is -0.255. The first kappa shape index (κ1) is 12.9. The van der Waals surface area contributed by atoms with Gasteiger partial charge in [-0.2, -0.15) is 0 Å². The van der Waals surface area contributed by atoms with Gasteiger partial charge in [-0.25, -0.2) is 9.97 Å². The second-order valence-corrected chi connectivity index (χ2v) is 5.16. The summed E-state index contributed by atoms with van der Waals surface area (Å²) in [5, 5.41) is 11.5. The largest absolute Gasteiger partial charge is 0.543 e. The molecular formula is C12H9N2O2S2-. The van der Waals surface area contributed by atoms with Gasteiger partial charge < -0.3 is 9.90 Å². The Morgan fingerprint density at radius 1 is 1.28 bits per heavy atom. The van der Waals surface area contributed by atoms with Crippen molar-refractivity contribution in [1.82, 2.24) is 9.97 Å². The Morgan fingerprint density at radius 3 is 2.61 bits per heavy atom. The van der Waals surface area contributed by atoms with E-state index in [2.05, 4.69) is 9.97 Å². The number of thioether (sulfide) groups is 1. The zero-order valence-electron chi connectivity index (χ0n) is 9.49. The van der Waals surface area contributed by atoms with Crippen molar-refractivity contribution < 1.29 is 9.90 Å². The van der Waals surface area contributed by atoms with Crippen LogP contribution in [0.25, 0.3) is 0 Å². The zero-order chi connectivity index (χ0) is 13.0. The highest BCUT2D eigenvalue weighted by Gasteiger charge is 2.09. The molecule has 0 saturated carbocycles. The molecule has 4 nitrogen and oxygen atoms in total. The summed E-state index contributed by atoms with van der Waals surface area (Å²) in [6, 6.07) is 9.46. The van der Waals surface area contributed by atoms with E-state index >= 15 is 0 Å². The van der Waals surface area contributed by atoms with Crippen LogP contribution in [0.1, 0.15) is 10.5 Å². The van der Waals surface area contributed by atoms with Gasteiger partial charge in [-0.3, -0.25) is 0 Å². The third-order valence-corrected chi connectivity index (χ3v) is 3.67. The Kier molecular flexibility index (Phi) is 4.22. The van der Waals surface area contributed by atoms with Crippen LogP contribution in [-0.4, -0.2) is 22.2 Å². The van der Waals surface area contributed by atoms with E-state index in [1.54, 1.807) is 6.26 Å². The summed E-state index contributed by atoms with van der Waals surface area (Å²) in [4.78, 5) is 20.5. The molecule has 92 valence electrons. The van der Waals surface area contributed by atoms with Gasteiger partial charge in [-0.15, -0.1) is 0 Å². The quantitative estimate of drug-likeness (QED) is 0.626. The van der Waals surface area contributed by atoms with E-state index in [9.17, 15) is 9.90 Å². The Balaban J connectivity index is 2.35. The van der Waals surface area contributed by atoms with Gasteiger partial charge in [0, 0.05) is 11.1 Å². The average Bonchev–Trinajstić information content (AvgIpc) is 2.40. The highest BCUT2D eigenvalue weighted by Crippen LogP contribution is 2.29. The predicted molar refractivity (Wildman–Crippen MR) is 68.7 cm³/mol. The smallest absolute Gasteiger partial charge is 0.187 e. The molecule has 6 heteroatoms. The van der Waals surface area contributed by atoms with E-state index in [1.165, 1.54) is 29.7 Å². The number of aromatic nitrogens is 2. The summed E-state index contributed by atoms with van der Waals surface area (Å²) >= 11 is 2.60. The molecule has 0 aliphatic rings. The van der Waals surface area contributed by atoms with Crippen LogP contribution in [0.15, 0.2) is 51.5 Å². The number of nitrogens with zero attached hydrogens (tertiary/aromatic N) is 2. The number of aromatic carboxylic acids is 1. The van der Waals surface area contributed by atoms with Crippen molar-refractivity contribution in [2.24, 2.45) is 0 Å². The fourth-order valence-corrected chi connectivity index (χ4v) is 2.51. The Labute approximate surface area is 113 Å². The van der Waals surface area contributed by atoms with Gasteiger partial charge in [0.15, 0.2) is 5.16 Å². The maximum atomic E-state index is 11.1. The lowest BCUT2D eigenvalue weighted by atomic mass is 10.4. The molecule has 0 bridgehead atoms. The summed E-state index contributed by atoms with van der Waals surface area (Å²) < 4.78 is 0. The first-order valence-electron chi connectivity index (χ1n) is 5.06. The van der Waals surface area contributed by atoms with E-state index in [0.29, 0.717) is 10.1 Å². The summed E-state index contributed by atoms with van der Waals surface area (Å²) in [5.74, 6) is -1.29. The minimum Gasteiger partial charge on any atom is -0.543 e. The minimum atomic E-state index is -1.29. The van der Waals surface area contributed by atoms with Crippen LogP contribution in [0.3, 0.4) is 0 Å². The van der Waals surface area contributed by atoms with Gasteiger partial charge in [0.25, 0.3) is 0 Å². The van der Waals surface area contributed by atoms with Crippen LogP contribution in [0, 0.1) is 0 Å². The highest BCUT2D eigenvalue weighted by molar-refractivity contribution is 7.99. The number of carbonyl (C=O) groups excluding carboxylic acids is 1. The summed E-state index contributed by atoms with van der Waals surface area (Å²) in [5.41, 5.74) is -0.0665. The molecule has 18 heavy (non-hydrogen) atoms. The highest BCUT2D eigenvalue weighted by atomic mass is 32.2. The van der Waals surface area contributed by atoms with Crippen molar-refractivity contribution in [3.05, 3.63) is 42.2 Å². The molecule has 0 atom stereocenters. The van der Waals surface area contributed by atoms with Crippen molar-refractivity contribution in [2.45, 2.75) is 14.9 Å². The lowest BCUT2D eigenvalue weighted by Crippen LogP contribution is -2.24. The molecule has 1 aromatic carbocycles. The fourth-order valence-electron chi connectivity index (χ4n) is 1.29. The van der Waals surface area contributed by atoms with Crippen molar-refractivity contribution in [2.75, 3.05) is 6.26 Å². The summed E-state index contributed by atoms with van der Waals surface area (Å²) in [6.45, 7) is 0. The average molecular weight is 277 g/mol. The van der Waals surface area contributed by atoms with Crippen molar-refractivity contribution in [3.8, 4) is 0 Å². The molecule has 0 fully saturated rings. The Morgan fingerprint density at radius 2 is 2.00 bits per heavy atom. The van der Waals surface area contributed by atoms with Gasteiger partial charge in [-0.1, -0.05) is 41.7 Å². The first-order valence-corrected chi connectivity index (χ1v) is 7.10. The fraction of sp³-hybridized carbons (Fsp3) is 0.0833.